The lowest BCUT2D eigenvalue weighted by Crippen LogP contribution is -1.89. The van der Waals surface area contributed by atoms with Crippen molar-refractivity contribution in [3.05, 3.63) is 35.4 Å². The molecule has 1 aromatic carbocycles. The highest BCUT2D eigenvalue weighted by atomic mass is 16.3. The third-order valence-electron chi connectivity index (χ3n) is 2.47. The number of unbranched alkanes of at least 4 members (excludes halogenated alkanes) is 1. The highest BCUT2D eigenvalue weighted by molar-refractivity contribution is 5.66. The van der Waals surface area contributed by atoms with Gasteiger partial charge in [0.2, 0.25) is 0 Å². The van der Waals surface area contributed by atoms with Crippen LogP contribution in [0.5, 0.6) is 5.75 Å². The Labute approximate surface area is 90.9 Å². The third kappa shape index (κ3) is 3.01. The summed E-state index contributed by atoms with van der Waals surface area (Å²) in [5, 5.41) is 19.5. The number of benzene rings is 1. The predicted molar refractivity (Wildman–Crippen MR) is 62.9 cm³/mol. The van der Waals surface area contributed by atoms with Crippen molar-refractivity contribution in [1.82, 2.24) is 0 Å². The molecule has 0 bridgehead atoms. The van der Waals surface area contributed by atoms with Crippen molar-refractivity contribution < 1.29 is 10.2 Å². The predicted octanol–water partition coefficient (Wildman–Crippen LogP) is 3.87. The summed E-state index contributed by atoms with van der Waals surface area (Å²) in [5.41, 5.74) is 1.45. The van der Waals surface area contributed by atoms with E-state index in [9.17, 15) is 10.2 Å². The highest BCUT2D eigenvalue weighted by Gasteiger charge is 2.07. The molecular weight excluding hydrogens is 188 g/mol. The molecule has 0 atom stereocenters. The fraction of sp³-hybridized carbons (Fsp3) is 0.385. The van der Waals surface area contributed by atoms with Crippen LogP contribution in [-0.2, 0) is 0 Å². The van der Waals surface area contributed by atoms with Crippen LogP contribution in [0.25, 0.3) is 5.76 Å². The van der Waals surface area contributed by atoms with E-state index >= 15 is 0 Å². The summed E-state index contributed by atoms with van der Waals surface area (Å²) in [6.07, 6.45) is 3.03. The SMILES string of the molecule is CCCC/C(C)=C(/O)c1ccccc1O. The van der Waals surface area contributed by atoms with Gasteiger partial charge in [-0.25, -0.2) is 0 Å². The first-order valence-electron chi connectivity index (χ1n) is 5.34. The summed E-state index contributed by atoms with van der Waals surface area (Å²) < 4.78 is 0. The van der Waals surface area contributed by atoms with E-state index < -0.39 is 0 Å². The molecule has 0 spiro atoms. The lowest BCUT2D eigenvalue weighted by Gasteiger charge is -2.07. The maximum atomic E-state index is 9.92. The fourth-order valence-corrected chi connectivity index (χ4v) is 1.46. The Kier molecular flexibility index (Phi) is 4.22. The van der Waals surface area contributed by atoms with E-state index in [1.165, 1.54) is 0 Å². The molecule has 0 saturated heterocycles. The van der Waals surface area contributed by atoms with Crippen molar-refractivity contribution in [1.29, 1.82) is 0 Å². The zero-order valence-corrected chi connectivity index (χ0v) is 9.33. The first kappa shape index (κ1) is 11.6. The van der Waals surface area contributed by atoms with Gasteiger partial charge in [-0.3, -0.25) is 0 Å². The van der Waals surface area contributed by atoms with Gasteiger partial charge in [-0.05, 0) is 37.5 Å². The van der Waals surface area contributed by atoms with Gasteiger partial charge in [-0.2, -0.15) is 0 Å². The lowest BCUT2D eigenvalue weighted by atomic mass is 10.0. The second-order valence-corrected chi connectivity index (χ2v) is 3.75. The van der Waals surface area contributed by atoms with Crippen molar-refractivity contribution in [2.75, 3.05) is 0 Å². The molecule has 0 aliphatic heterocycles. The molecule has 0 amide bonds. The molecule has 0 heterocycles. The van der Waals surface area contributed by atoms with E-state index in [0.717, 1.165) is 24.8 Å². The second-order valence-electron chi connectivity index (χ2n) is 3.75. The average molecular weight is 206 g/mol. The Balaban J connectivity index is 2.92. The number of phenolic OH excluding ortho intramolecular Hbond substituents is 1. The molecule has 82 valence electrons. The van der Waals surface area contributed by atoms with Crippen LogP contribution in [0.3, 0.4) is 0 Å². The molecule has 2 N–H and O–H groups in total. The Morgan fingerprint density at radius 2 is 1.93 bits per heavy atom. The molecule has 2 heteroatoms. The Hall–Kier alpha value is -1.44. The minimum atomic E-state index is 0.130. The molecule has 0 aliphatic rings. The molecule has 0 unspecified atom stereocenters. The quantitative estimate of drug-likeness (QED) is 0.734. The van der Waals surface area contributed by atoms with E-state index in [4.69, 9.17) is 0 Å². The van der Waals surface area contributed by atoms with Gasteiger partial charge in [0, 0.05) is 0 Å². The van der Waals surface area contributed by atoms with Gasteiger partial charge >= 0.3 is 0 Å². The standard InChI is InChI=1S/C13H18O2/c1-3-4-7-10(2)13(15)11-8-5-6-9-12(11)14/h5-6,8-9,14-15H,3-4,7H2,1-2H3/b13-10+. The largest absolute Gasteiger partial charge is 0.507 e. The first-order valence-corrected chi connectivity index (χ1v) is 5.34. The van der Waals surface area contributed by atoms with E-state index in [2.05, 4.69) is 6.92 Å². The summed E-state index contributed by atoms with van der Waals surface area (Å²) in [4.78, 5) is 0. The highest BCUT2D eigenvalue weighted by Crippen LogP contribution is 2.26. The molecule has 0 radical (unpaired) electrons. The molecule has 0 fully saturated rings. The van der Waals surface area contributed by atoms with Crippen LogP contribution in [-0.4, -0.2) is 10.2 Å². The minimum absolute atomic E-state index is 0.130. The molecule has 0 saturated carbocycles. The summed E-state index contributed by atoms with van der Waals surface area (Å²) in [6, 6.07) is 6.85. The van der Waals surface area contributed by atoms with Gasteiger partial charge in [-0.15, -0.1) is 0 Å². The van der Waals surface area contributed by atoms with E-state index in [1.807, 2.05) is 6.92 Å². The zero-order valence-electron chi connectivity index (χ0n) is 9.33. The number of para-hydroxylation sites is 1. The normalized spacial score (nSPS) is 12.4. The maximum absolute atomic E-state index is 9.92. The van der Waals surface area contributed by atoms with Crippen LogP contribution in [0.2, 0.25) is 0 Å². The van der Waals surface area contributed by atoms with Gasteiger partial charge in [0.1, 0.15) is 11.5 Å². The van der Waals surface area contributed by atoms with Crippen LogP contribution >= 0.6 is 0 Å². The van der Waals surface area contributed by atoms with Crippen LogP contribution in [0.15, 0.2) is 29.8 Å². The molecule has 1 aromatic rings. The summed E-state index contributed by atoms with van der Waals surface area (Å²) in [7, 11) is 0. The van der Waals surface area contributed by atoms with Gasteiger partial charge in [0.25, 0.3) is 0 Å². The van der Waals surface area contributed by atoms with Gasteiger partial charge in [0.05, 0.1) is 5.56 Å². The number of rotatable bonds is 4. The fourth-order valence-electron chi connectivity index (χ4n) is 1.46. The van der Waals surface area contributed by atoms with E-state index in [-0.39, 0.29) is 11.5 Å². The molecule has 0 aromatic heterocycles. The van der Waals surface area contributed by atoms with E-state index in [0.29, 0.717) is 5.56 Å². The maximum Gasteiger partial charge on any atom is 0.126 e. The van der Waals surface area contributed by atoms with Crippen molar-refractivity contribution in [3.63, 3.8) is 0 Å². The van der Waals surface area contributed by atoms with Crippen molar-refractivity contribution in [2.45, 2.75) is 33.1 Å². The molecular formula is C13H18O2. The number of aliphatic hydroxyl groups is 1. The van der Waals surface area contributed by atoms with Crippen molar-refractivity contribution in [2.24, 2.45) is 0 Å². The van der Waals surface area contributed by atoms with Crippen molar-refractivity contribution >= 4 is 5.76 Å². The Bertz CT molecular complexity index is 353. The lowest BCUT2D eigenvalue weighted by molar-refractivity contribution is 0.458. The Morgan fingerprint density at radius 3 is 2.53 bits per heavy atom. The van der Waals surface area contributed by atoms with Gasteiger partial charge in [-0.1, -0.05) is 25.5 Å². The number of hydrogen-bond acceptors (Lipinski definition) is 2. The smallest absolute Gasteiger partial charge is 0.126 e. The molecule has 15 heavy (non-hydrogen) atoms. The van der Waals surface area contributed by atoms with Crippen molar-refractivity contribution in [3.8, 4) is 5.75 Å². The molecule has 2 nitrogen and oxygen atoms in total. The zero-order chi connectivity index (χ0) is 11.3. The van der Waals surface area contributed by atoms with Crippen LogP contribution in [0, 0.1) is 0 Å². The number of hydrogen-bond donors (Lipinski definition) is 2. The molecule has 0 aliphatic carbocycles. The average Bonchev–Trinajstić information content (AvgIpc) is 2.25. The number of aliphatic hydroxyl groups excluding tert-OH is 1. The number of allylic oxidation sites excluding steroid dienone is 1. The summed E-state index contributed by atoms with van der Waals surface area (Å²) in [6.45, 7) is 4.02. The van der Waals surface area contributed by atoms with E-state index in [1.54, 1.807) is 24.3 Å². The first-order chi connectivity index (χ1) is 7.16. The van der Waals surface area contributed by atoms with Gasteiger partial charge < -0.3 is 10.2 Å². The van der Waals surface area contributed by atoms with Gasteiger partial charge in [0.15, 0.2) is 0 Å². The Morgan fingerprint density at radius 1 is 1.27 bits per heavy atom. The third-order valence-corrected chi connectivity index (χ3v) is 2.47. The summed E-state index contributed by atoms with van der Waals surface area (Å²) >= 11 is 0. The topological polar surface area (TPSA) is 40.5 Å². The molecule has 1 rings (SSSR count). The second kappa shape index (κ2) is 5.44. The minimum Gasteiger partial charge on any atom is -0.507 e. The monoisotopic (exact) mass is 206 g/mol. The number of phenols is 1. The number of aromatic hydroxyl groups is 1. The van der Waals surface area contributed by atoms with Crippen LogP contribution in [0.4, 0.5) is 0 Å². The van der Waals surface area contributed by atoms with Crippen LogP contribution < -0.4 is 0 Å². The van der Waals surface area contributed by atoms with Crippen LogP contribution in [0.1, 0.15) is 38.7 Å². The summed E-state index contributed by atoms with van der Waals surface area (Å²) in [5.74, 6) is 0.340.